The maximum Gasteiger partial charge on any atom is 0.132 e. The van der Waals surface area contributed by atoms with Gasteiger partial charge in [0.25, 0.3) is 0 Å². The molecule has 0 aromatic carbocycles. The van der Waals surface area contributed by atoms with Gasteiger partial charge in [-0.05, 0) is 30.9 Å². The van der Waals surface area contributed by atoms with Crippen LogP contribution in [0.4, 0.5) is 5.82 Å². The molecule has 78 valence electrons. The van der Waals surface area contributed by atoms with Crippen molar-refractivity contribution in [1.82, 2.24) is 4.98 Å². The van der Waals surface area contributed by atoms with Crippen molar-refractivity contribution in [2.24, 2.45) is 5.92 Å². The molecule has 0 saturated heterocycles. The molecule has 2 rings (SSSR count). The Morgan fingerprint density at radius 1 is 1.53 bits per heavy atom. The monoisotopic (exact) mass is 221 g/mol. The summed E-state index contributed by atoms with van der Waals surface area (Å²) in [4.78, 5) is 4.13. The fraction of sp³-hybridized carbons (Fsp3) is 0.455. The van der Waals surface area contributed by atoms with Gasteiger partial charge in [0.2, 0.25) is 0 Å². The molecule has 4 heteroatoms. The van der Waals surface area contributed by atoms with Crippen LogP contribution in [0.3, 0.4) is 0 Å². The molecular formula is C11H12ClN3. The third-order valence-corrected chi connectivity index (χ3v) is 2.84. The van der Waals surface area contributed by atoms with Crippen LogP contribution in [0.5, 0.6) is 0 Å². The van der Waals surface area contributed by atoms with E-state index in [1.54, 1.807) is 12.1 Å². The van der Waals surface area contributed by atoms with E-state index in [1.807, 2.05) is 0 Å². The quantitative estimate of drug-likeness (QED) is 0.782. The molecule has 0 atom stereocenters. The fourth-order valence-corrected chi connectivity index (χ4v) is 2.07. The minimum Gasteiger partial charge on any atom is -0.367 e. The number of pyridine rings is 1. The van der Waals surface area contributed by atoms with E-state index in [9.17, 15) is 0 Å². The van der Waals surface area contributed by atoms with Gasteiger partial charge in [-0.3, -0.25) is 0 Å². The first-order chi connectivity index (χ1) is 7.17. The molecule has 1 aromatic rings. The largest absolute Gasteiger partial charge is 0.367 e. The van der Waals surface area contributed by atoms with Gasteiger partial charge in [-0.15, -0.1) is 0 Å². The molecule has 1 aliphatic rings. The summed E-state index contributed by atoms with van der Waals surface area (Å²) in [5, 5.41) is 12.4. The highest BCUT2D eigenvalue weighted by molar-refractivity contribution is 6.29. The Bertz CT molecular complexity index is 405. The summed E-state index contributed by atoms with van der Waals surface area (Å²) in [6, 6.07) is 5.84. The molecule has 15 heavy (non-hydrogen) atoms. The van der Waals surface area contributed by atoms with Gasteiger partial charge in [0.15, 0.2) is 0 Å². The number of nitrogens with zero attached hydrogens (tertiary/aromatic N) is 2. The second-order valence-electron chi connectivity index (χ2n) is 4.09. The van der Waals surface area contributed by atoms with Crippen molar-refractivity contribution < 1.29 is 0 Å². The third-order valence-electron chi connectivity index (χ3n) is 2.65. The summed E-state index contributed by atoms with van der Waals surface area (Å²) < 4.78 is 0. The Labute approximate surface area is 94.1 Å². The van der Waals surface area contributed by atoms with E-state index in [0.29, 0.717) is 22.6 Å². The first-order valence-corrected chi connectivity index (χ1v) is 5.39. The van der Waals surface area contributed by atoms with Crippen LogP contribution in [0.25, 0.3) is 0 Å². The zero-order valence-electron chi connectivity index (χ0n) is 8.50. The topological polar surface area (TPSA) is 48.7 Å². The third kappa shape index (κ3) is 2.40. The molecule has 1 heterocycles. The number of halogens is 1. The standard InChI is InChI=1S/C11H12ClN3/c1-7-2-9(3-7)14-11-5-8(6-13)4-10(12)15-11/h4-5,7,9H,2-3H2,1H3,(H,14,15). The maximum atomic E-state index is 8.77. The minimum absolute atomic E-state index is 0.365. The Morgan fingerprint density at radius 2 is 2.27 bits per heavy atom. The first-order valence-electron chi connectivity index (χ1n) is 5.01. The van der Waals surface area contributed by atoms with Gasteiger partial charge in [0.05, 0.1) is 11.6 Å². The lowest BCUT2D eigenvalue weighted by Gasteiger charge is -2.33. The van der Waals surface area contributed by atoms with Crippen molar-refractivity contribution in [2.75, 3.05) is 5.32 Å². The van der Waals surface area contributed by atoms with E-state index in [-0.39, 0.29) is 0 Å². The molecule has 0 spiro atoms. The van der Waals surface area contributed by atoms with Crippen molar-refractivity contribution >= 4 is 17.4 Å². The van der Waals surface area contributed by atoms with Crippen LogP contribution in [-0.4, -0.2) is 11.0 Å². The molecule has 0 aliphatic heterocycles. The number of hydrogen-bond acceptors (Lipinski definition) is 3. The number of anilines is 1. The minimum atomic E-state index is 0.365. The number of aromatic nitrogens is 1. The van der Waals surface area contributed by atoms with Crippen LogP contribution in [0.15, 0.2) is 12.1 Å². The Balaban J connectivity index is 2.08. The van der Waals surface area contributed by atoms with E-state index < -0.39 is 0 Å². The summed E-state index contributed by atoms with van der Waals surface area (Å²) >= 11 is 5.80. The van der Waals surface area contributed by atoms with E-state index in [1.165, 1.54) is 0 Å². The molecular weight excluding hydrogens is 210 g/mol. The lowest BCUT2D eigenvalue weighted by atomic mass is 9.82. The van der Waals surface area contributed by atoms with Crippen molar-refractivity contribution in [1.29, 1.82) is 5.26 Å². The van der Waals surface area contributed by atoms with Crippen LogP contribution >= 0.6 is 11.6 Å². The number of nitrogens with one attached hydrogen (secondary N) is 1. The highest BCUT2D eigenvalue weighted by atomic mass is 35.5. The summed E-state index contributed by atoms with van der Waals surface area (Å²) in [7, 11) is 0. The van der Waals surface area contributed by atoms with Crippen LogP contribution in [0.1, 0.15) is 25.3 Å². The molecule has 1 fully saturated rings. The number of nitriles is 1. The smallest absolute Gasteiger partial charge is 0.132 e. The van der Waals surface area contributed by atoms with Gasteiger partial charge < -0.3 is 5.32 Å². The number of hydrogen-bond donors (Lipinski definition) is 1. The summed E-state index contributed by atoms with van der Waals surface area (Å²) in [6.45, 7) is 2.23. The molecule has 1 aromatic heterocycles. The van der Waals surface area contributed by atoms with E-state index in [2.05, 4.69) is 23.3 Å². The van der Waals surface area contributed by atoms with E-state index in [4.69, 9.17) is 16.9 Å². The van der Waals surface area contributed by atoms with Gasteiger partial charge in [-0.25, -0.2) is 4.98 Å². The summed E-state index contributed by atoms with van der Waals surface area (Å²) in [6.07, 6.45) is 2.33. The molecule has 3 nitrogen and oxygen atoms in total. The fourth-order valence-electron chi connectivity index (χ4n) is 1.86. The van der Waals surface area contributed by atoms with Gasteiger partial charge in [0, 0.05) is 6.04 Å². The van der Waals surface area contributed by atoms with Crippen molar-refractivity contribution in [3.63, 3.8) is 0 Å². The Morgan fingerprint density at radius 3 is 2.87 bits per heavy atom. The molecule has 1 aliphatic carbocycles. The van der Waals surface area contributed by atoms with Gasteiger partial charge >= 0.3 is 0 Å². The second-order valence-corrected chi connectivity index (χ2v) is 4.48. The summed E-state index contributed by atoms with van der Waals surface area (Å²) in [5.41, 5.74) is 0.546. The van der Waals surface area contributed by atoms with Crippen molar-refractivity contribution in [3.8, 4) is 6.07 Å². The molecule has 1 N–H and O–H groups in total. The van der Waals surface area contributed by atoms with E-state index in [0.717, 1.165) is 18.8 Å². The van der Waals surface area contributed by atoms with Crippen LogP contribution in [0.2, 0.25) is 5.15 Å². The molecule has 0 unspecified atom stereocenters. The van der Waals surface area contributed by atoms with Crippen molar-refractivity contribution in [3.05, 3.63) is 22.8 Å². The number of rotatable bonds is 2. The van der Waals surface area contributed by atoms with Gasteiger partial charge in [-0.2, -0.15) is 5.26 Å². The average Bonchev–Trinajstić information content (AvgIpc) is 2.14. The first kappa shape index (κ1) is 10.3. The van der Waals surface area contributed by atoms with Crippen LogP contribution in [0, 0.1) is 17.2 Å². The lowest BCUT2D eigenvalue weighted by Crippen LogP contribution is -2.34. The Kier molecular flexibility index (Phi) is 2.79. The normalized spacial score (nSPS) is 24.1. The average molecular weight is 222 g/mol. The lowest BCUT2D eigenvalue weighted by molar-refractivity contribution is 0.308. The SMILES string of the molecule is CC1CC(Nc2cc(C#N)cc(Cl)n2)C1. The Hall–Kier alpha value is -1.27. The molecule has 0 bridgehead atoms. The highest BCUT2D eigenvalue weighted by Gasteiger charge is 2.25. The molecule has 1 saturated carbocycles. The van der Waals surface area contributed by atoms with Gasteiger partial charge in [-0.1, -0.05) is 18.5 Å². The van der Waals surface area contributed by atoms with Gasteiger partial charge in [0.1, 0.15) is 11.0 Å². The predicted octanol–water partition coefficient (Wildman–Crippen LogP) is 2.82. The second kappa shape index (κ2) is 4.08. The van der Waals surface area contributed by atoms with Crippen LogP contribution in [-0.2, 0) is 0 Å². The molecule has 0 radical (unpaired) electrons. The zero-order chi connectivity index (χ0) is 10.8. The van der Waals surface area contributed by atoms with Crippen LogP contribution < -0.4 is 5.32 Å². The summed E-state index contributed by atoms with van der Waals surface area (Å²) in [5.74, 6) is 1.49. The maximum absolute atomic E-state index is 8.77. The molecule has 0 amide bonds. The van der Waals surface area contributed by atoms with Crippen molar-refractivity contribution in [2.45, 2.75) is 25.8 Å². The van der Waals surface area contributed by atoms with E-state index >= 15 is 0 Å². The zero-order valence-corrected chi connectivity index (χ0v) is 9.25. The predicted molar refractivity (Wildman–Crippen MR) is 59.8 cm³/mol. The highest BCUT2D eigenvalue weighted by Crippen LogP contribution is 2.29.